The summed E-state index contributed by atoms with van der Waals surface area (Å²) in [5.74, 6) is 0. The number of aliphatic hydroxyl groups is 2. The van der Waals surface area contributed by atoms with Crippen LogP contribution >= 0.6 is 0 Å². The van der Waals surface area contributed by atoms with E-state index in [-0.39, 0.29) is 12.6 Å². The topological polar surface area (TPSA) is 52.9 Å². The molecule has 100 valence electrons. The average Bonchev–Trinajstić information content (AvgIpc) is 2.46. The molecular weight excluding hydrogens is 230 g/mol. The van der Waals surface area contributed by atoms with Crippen LogP contribution in [0.3, 0.4) is 0 Å². The number of aliphatic hydroxyl groups excluding tert-OH is 2. The number of benzene rings is 1. The highest BCUT2D eigenvalue weighted by molar-refractivity contribution is 5.49. The molecule has 18 heavy (non-hydrogen) atoms. The van der Waals surface area contributed by atoms with E-state index in [1.165, 1.54) is 0 Å². The van der Waals surface area contributed by atoms with Crippen molar-refractivity contribution in [1.82, 2.24) is 0 Å². The molecule has 2 rings (SSSR count). The van der Waals surface area contributed by atoms with E-state index in [1.807, 2.05) is 31.2 Å². The lowest BCUT2D eigenvalue weighted by molar-refractivity contribution is 0.0727. The Bertz CT molecular complexity index is 366. The smallest absolute Gasteiger partial charge is 0.0787 e. The monoisotopic (exact) mass is 251 g/mol. The molecule has 1 fully saturated rings. The highest BCUT2D eigenvalue weighted by Gasteiger charge is 2.22. The minimum Gasteiger partial charge on any atom is -0.394 e. The molecule has 2 N–H and O–H groups in total. The van der Waals surface area contributed by atoms with E-state index in [4.69, 9.17) is 4.74 Å². The minimum absolute atomic E-state index is 0.0284. The molecule has 0 radical (unpaired) electrons. The molecule has 0 saturated carbocycles. The van der Waals surface area contributed by atoms with Gasteiger partial charge >= 0.3 is 0 Å². The van der Waals surface area contributed by atoms with Crippen molar-refractivity contribution in [3.63, 3.8) is 0 Å². The average molecular weight is 251 g/mol. The van der Waals surface area contributed by atoms with Gasteiger partial charge in [-0.15, -0.1) is 0 Å². The standard InChI is InChI=1S/C14H21NO3/c1-2-14(17)11-3-5-12(6-4-11)15-7-8-18-10-13(15)9-16/h3-6,13-14,16-17H,2,7-10H2,1H3/t13?,14-/m1/s1. The van der Waals surface area contributed by atoms with Crippen molar-refractivity contribution in [3.05, 3.63) is 29.8 Å². The van der Waals surface area contributed by atoms with Crippen molar-refractivity contribution in [3.8, 4) is 0 Å². The van der Waals surface area contributed by atoms with Gasteiger partial charge in [-0.3, -0.25) is 0 Å². The predicted octanol–water partition coefficient (Wildman–Crippen LogP) is 1.33. The molecule has 0 aliphatic carbocycles. The van der Waals surface area contributed by atoms with Gasteiger partial charge in [0.1, 0.15) is 0 Å². The Balaban J connectivity index is 2.12. The van der Waals surface area contributed by atoms with Crippen molar-refractivity contribution >= 4 is 5.69 Å². The third-order valence-electron chi connectivity index (χ3n) is 3.43. The van der Waals surface area contributed by atoms with Crippen LogP contribution in [0.1, 0.15) is 25.0 Å². The number of hydrogen-bond acceptors (Lipinski definition) is 4. The third-order valence-corrected chi connectivity index (χ3v) is 3.43. The van der Waals surface area contributed by atoms with E-state index in [9.17, 15) is 10.2 Å². The second-order valence-corrected chi connectivity index (χ2v) is 4.62. The highest BCUT2D eigenvalue weighted by atomic mass is 16.5. The van der Waals surface area contributed by atoms with Gasteiger partial charge in [0, 0.05) is 12.2 Å². The third kappa shape index (κ3) is 2.83. The summed E-state index contributed by atoms with van der Waals surface area (Å²) in [6, 6.07) is 7.94. The lowest BCUT2D eigenvalue weighted by Gasteiger charge is -2.36. The van der Waals surface area contributed by atoms with Crippen LogP contribution in [0, 0.1) is 0 Å². The highest BCUT2D eigenvalue weighted by Crippen LogP contribution is 2.23. The maximum absolute atomic E-state index is 9.76. The van der Waals surface area contributed by atoms with E-state index in [1.54, 1.807) is 0 Å². The van der Waals surface area contributed by atoms with Gasteiger partial charge in [0.25, 0.3) is 0 Å². The van der Waals surface area contributed by atoms with E-state index >= 15 is 0 Å². The summed E-state index contributed by atoms with van der Waals surface area (Å²) in [6.07, 6.45) is 0.327. The van der Waals surface area contributed by atoms with E-state index < -0.39 is 6.10 Å². The Hall–Kier alpha value is -1.10. The quantitative estimate of drug-likeness (QED) is 0.847. The van der Waals surface area contributed by atoms with Crippen LogP contribution in [0.15, 0.2) is 24.3 Å². The summed E-state index contributed by atoms with van der Waals surface area (Å²) in [5, 5.41) is 19.1. The summed E-state index contributed by atoms with van der Waals surface area (Å²) >= 11 is 0. The second kappa shape index (κ2) is 6.18. The van der Waals surface area contributed by atoms with Crippen LogP contribution in [-0.4, -0.2) is 42.6 Å². The molecule has 1 aromatic rings. The molecular formula is C14H21NO3. The predicted molar refractivity (Wildman–Crippen MR) is 70.7 cm³/mol. The number of nitrogens with zero attached hydrogens (tertiary/aromatic N) is 1. The van der Waals surface area contributed by atoms with Crippen molar-refractivity contribution in [1.29, 1.82) is 0 Å². The molecule has 4 nitrogen and oxygen atoms in total. The van der Waals surface area contributed by atoms with Crippen molar-refractivity contribution < 1.29 is 14.9 Å². The zero-order valence-corrected chi connectivity index (χ0v) is 10.7. The van der Waals surface area contributed by atoms with Gasteiger partial charge in [-0.1, -0.05) is 19.1 Å². The van der Waals surface area contributed by atoms with Crippen molar-refractivity contribution in [2.75, 3.05) is 31.3 Å². The van der Waals surface area contributed by atoms with Gasteiger partial charge < -0.3 is 19.8 Å². The summed E-state index contributed by atoms with van der Waals surface area (Å²) in [7, 11) is 0. The number of morpholine rings is 1. The Morgan fingerprint density at radius 2 is 2.11 bits per heavy atom. The fourth-order valence-electron chi connectivity index (χ4n) is 2.27. The molecule has 1 saturated heterocycles. The maximum atomic E-state index is 9.76. The van der Waals surface area contributed by atoms with Gasteiger partial charge in [-0.2, -0.15) is 0 Å². The fourth-order valence-corrected chi connectivity index (χ4v) is 2.27. The Morgan fingerprint density at radius 3 is 2.72 bits per heavy atom. The molecule has 1 aliphatic rings. The first kappa shape index (κ1) is 13.3. The molecule has 4 heteroatoms. The fraction of sp³-hybridized carbons (Fsp3) is 0.571. The normalized spacial score (nSPS) is 21.9. The zero-order valence-electron chi connectivity index (χ0n) is 10.7. The minimum atomic E-state index is -0.391. The number of anilines is 1. The Morgan fingerprint density at radius 1 is 1.39 bits per heavy atom. The van der Waals surface area contributed by atoms with E-state index in [0.717, 1.165) is 24.2 Å². The van der Waals surface area contributed by atoms with Crippen LogP contribution in [0.5, 0.6) is 0 Å². The van der Waals surface area contributed by atoms with Crippen LogP contribution in [0.25, 0.3) is 0 Å². The molecule has 0 spiro atoms. The lowest BCUT2D eigenvalue weighted by Crippen LogP contribution is -2.47. The van der Waals surface area contributed by atoms with Crippen LogP contribution in [0.4, 0.5) is 5.69 Å². The number of ether oxygens (including phenoxy) is 1. The SMILES string of the molecule is CC[C@@H](O)c1ccc(N2CCOCC2CO)cc1. The molecule has 1 unspecified atom stereocenters. The van der Waals surface area contributed by atoms with Gasteiger partial charge in [-0.05, 0) is 24.1 Å². The first-order valence-electron chi connectivity index (χ1n) is 6.49. The molecule has 2 atom stereocenters. The molecule has 0 amide bonds. The first-order chi connectivity index (χ1) is 8.76. The molecule has 1 aromatic carbocycles. The zero-order chi connectivity index (χ0) is 13.0. The summed E-state index contributed by atoms with van der Waals surface area (Å²) in [5.41, 5.74) is 2.01. The first-order valence-corrected chi connectivity index (χ1v) is 6.49. The largest absolute Gasteiger partial charge is 0.394 e. The summed E-state index contributed by atoms with van der Waals surface area (Å²) in [6.45, 7) is 4.11. The van der Waals surface area contributed by atoms with E-state index in [0.29, 0.717) is 13.2 Å². The van der Waals surface area contributed by atoms with E-state index in [2.05, 4.69) is 4.90 Å². The van der Waals surface area contributed by atoms with Gasteiger partial charge in [0.2, 0.25) is 0 Å². The van der Waals surface area contributed by atoms with Crippen molar-refractivity contribution in [2.45, 2.75) is 25.5 Å². The Labute approximate surface area is 108 Å². The number of hydrogen-bond donors (Lipinski definition) is 2. The van der Waals surface area contributed by atoms with Crippen LogP contribution in [0.2, 0.25) is 0 Å². The number of rotatable bonds is 4. The van der Waals surface area contributed by atoms with Gasteiger partial charge in [0.05, 0.1) is 32.0 Å². The second-order valence-electron chi connectivity index (χ2n) is 4.62. The van der Waals surface area contributed by atoms with Crippen molar-refractivity contribution in [2.24, 2.45) is 0 Å². The summed E-state index contributed by atoms with van der Waals surface area (Å²) in [4.78, 5) is 2.16. The molecule has 0 bridgehead atoms. The summed E-state index contributed by atoms with van der Waals surface area (Å²) < 4.78 is 5.36. The van der Waals surface area contributed by atoms with Gasteiger partial charge in [0.15, 0.2) is 0 Å². The molecule has 1 aliphatic heterocycles. The molecule has 0 aromatic heterocycles. The maximum Gasteiger partial charge on any atom is 0.0787 e. The molecule has 1 heterocycles. The van der Waals surface area contributed by atoms with Crippen LogP contribution in [-0.2, 0) is 4.74 Å². The van der Waals surface area contributed by atoms with Gasteiger partial charge in [-0.25, -0.2) is 0 Å². The Kier molecular flexibility index (Phi) is 4.58. The lowest BCUT2D eigenvalue weighted by atomic mass is 10.1. The van der Waals surface area contributed by atoms with Crippen LogP contribution < -0.4 is 4.90 Å².